The highest BCUT2D eigenvalue weighted by Crippen LogP contribution is 1.90. The van der Waals surface area contributed by atoms with Crippen LogP contribution in [0, 0.1) is 0 Å². The lowest BCUT2D eigenvalue weighted by Gasteiger charge is -1.95. The number of nitrogens with two attached hydrogens (primary N) is 2. The summed E-state index contributed by atoms with van der Waals surface area (Å²) >= 11 is 0. The maximum atomic E-state index is 11.6. The summed E-state index contributed by atoms with van der Waals surface area (Å²) in [7, 11) is 0. The zero-order valence-electron chi connectivity index (χ0n) is 5.05. The number of hydrogen-bond donors (Lipinski definition) is 2. The smallest absolute Gasteiger partial charge is 0.148 e. The fourth-order valence-electron chi connectivity index (χ4n) is 0.313. The Morgan fingerprint density at radius 2 is 1.78 bits per heavy atom. The van der Waals surface area contributed by atoms with Gasteiger partial charge in [-0.3, -0.25) is 0 Å². The molecule has 0 aromatic heterocycles. The van der Waals surface area contributed by atoms with E-state index in [1.165, 1.54) is 0 Å². The number of halogens is 3. The van der Waals surface area contributed by atoms with Crippen molar-refractivity contribution in [3.8, 4) is 0 Å². The summed E-state index contributed by atoms with van der Waals surface area (Å²) < 4.78 is 11.6. The first-order valence-electron chi connectivity index (χ1n) is 2.37. The molecule has 0 radical (unpaired) electrons. The van der Waals surface area contributed by atoms with E-state index in [-0.39, 0.29) is 24.8 Å². The molecule has 60 valence electrons. The SMILES string of the molecule is Cl.Cl.NCCCC(N)F. The van der Waals surface area contributed by atoms with Crippen LogP contribution < -0.4 is 11.5 Å². The third-order valence-corrected chi connectivity index (χ3v) is 0.684. The lowest BCUT2D eigenvalue weighted by Crippen LogP contribution is -2.14. The number of alkyl halides is 1. The summed E-state index contributed by atoms with van der Waals surface area (Å²) in [5, 5.41) is 0. The molecular weight excluding hydrogens is 166 g/mol. The van der Waals surface area contributed by atoms with Gasteiger partial charge in [0.1, 0.15) is 6.30 Å². The molecule has 0 spiro atoms. The second-order valence-electron chi connectivity index (χ2n) is 1.45. The molecule has 0 aromatic carbocycles. The summed E-state index contributed by atoms with van der Waals surface area (Å²) in [4.78, 5) is 0. The summed E-state index contributed by atoms with van der Waals surface area (Å²) in [5.74, 6) is 0. The van der Waals surface area contributed by atoms with Crippen molar-refractivity contribution in [3.63, 3.8) is 0 Å². The van der Waals surface area contributed by atoms with Crippen molar-refractivity contribution in [3.05, 3.63) is 0 Å². The molecule has 0 aromatic rings. The maximum Gasteiger partial charge on any atom is 0.148 e. The fraction of sp³-hybridized carbons (Fsp3) is 1.00. The minimum Gasteiger partial charge on any atom is -0.330 e. The molecule has 0 aliphatic rings. The Balaban J connectivity index is -0.000000180. The number of rotatable bonds is 3. The van der Waals surface area contributed by atoms with Crippen molar-refractivity contribution in [1.29, 1.82) is 0 Å². The van der Waals surface area contributed by atoms with Crippen LogP contribution in [0.4, 0.5) is 4.39 Å². The van der Waals surface area contributed by atoms with E-state index >= 15 is 0 Å². The van der Waals surface area contributed by atoms with Gasteiger partial charge in [0.05, 0.1) is 0 Å². The lowest BCUT2D eigenvalue weighted by molar-refractivity contribution is 0.319. The van der Waals surface area contributed by atoms with Gasteiger partial charge in [0.25, 0.3) is 0 Å². The van der Waals surface area contributed by atoms with Crippen molar-refractivity contribution in [2.45, 2.75) is 19.1 Å². The molecule has 0 saturated heterocycles. The van der Waals surface area contributed by atoms with E-state index in [0.29, 0.717) is 19.4 Å². The second kappa shape index (κ2) is 11.3. The van der Waals surface area contributed by atoms with Gasteiger partial charge in [-0.2, -0.15) is 0 Å². The van der Waals surface area contributed by atoms with Crippen molar-refractivity contribution >= 4 is 24.8 Å². The predicted octanol–water partition coefficient (Wildman–Crippen LogP) is 0.823. The summed E-state index contributed by atoms with van der Waals surface area (Å²) in [6.45, 7) is 0.525. The number of hydrogen-bond acceptors (Lipinski definition) is 2. The Morgan fingerprint density at radius 3 is 1.89 bits per heavy atom. The highest BCUT2D eigenvalue weighted by atomic mass is 35.5. The first-order chi connectivity index (χ1) is 3.27. The molecule has 4 N–H and O–H groups in total. The predicted molar refractivity (Wildman–Crippen MR) is 41.9 cm³/mol. The van der Waals surface area contributed by atoms with Crippen molar-refractivity contribution in [1.82, 2.24) is 0 Å². The van der Waals surface area contributed by atoms with Gasteiger partial charge in [-0.05, 0) is 19.4 Å². The standard InChI is InChI=1S/C4H11FN2.2ClH/c5-4(7)2-1-3-6;;/h4H,1-3,6-7H2;2*1H. The average molecular weight is 179 g/mol. The van der Waals surface area contributed by atoms with Gasteiger partial charge in [0.15, 0.2) is 0 Å². The van der Waals surface area contributed by atoms with Crippen LogP contribution in [0.1, 0.15) is 12.8 Å². The fourth-order valence-corrected chi connectivity index (χ4v) is 0.313. The van der Waals surface area contributed by atoms with Crippen molar-refractivity contribution < 1.29 is 4.39 Å². The lowest BCUT2D eigenvalue weighted by atomic mass is 10.3. The molecule has 0 saturated carbocycles. The molecule has 0 bridgehead atoms. The van der Waals surface area contributed by atoms with Crippen LogP contribution in [0.2, 0.25) is 0 Å². The molecule has 1 atom stereocenters. The molecule has 0 aliphatic carbocycles. The van der Waals surface area contributed by atoms with Crippen LogP contribution in [0.25, 0.3) is 0 Å². The van der Waals surface area contributed by atoms with Crippen LogP contribution in [0.15, 0.2) is 0 Å². The minimum absolute atomic E-state index is 0. The van der Waals surface area contributed by atoms with Gasteiger partial charge < -0.3 is 11.5 Å². The van der Waals surface area contributed by atoms with Crippen LogP contribution >= 0.6 is 24.8 Å². The molecule has 0 rings (SSSR count). The van der Waals surface area contributed by atoms with E-state index in [1.807, 2.05) is 0 Å². The highest BCUT2D eigenvalue weighted by Gasteiger charge is 1.93. The van der Waals surface area contributed by atoms with Gasteiger partial charge in [-0.25, -0.2) is 4.39 Å². The molecule has 0 amide bonds. The zero-order valence-corrected chi connectivity index (χ0v) is 6.68. The van der Waals surface area contributed by atoms with E-state index in [4.69, 9.17) is 11.5 Å². The zero-order chi connectivity index (χ0) is 5.70. The largest absolute Gasteiger partial charge is 0.330 e. The van der Waals surface area contributed by atoms with Crippen LogP contribution in [-0.4, -0.2) is 12.8 Å². The Labute approximate surface area is 67.0 Å². The van der Waals surface area contributed by atoms with Gasteiger partial charge in [0, 0.05) is 0 Å². The van der Waals surface area contributed by atoms with Gasteiger partial charge >= 0.3 is 0 Å². The van der Waals surface area contributed by atoms with Crippen LogP contribution in [0.3, 0.4) is 0 Å². The monoisotopic (exact) mass is 178 g/mol. The third kappa shape index (κ3) is 17.8. The van der Waals surface area contributed by atoms with E-state index in [9.17, 15) is 4.39 Å². The molecular formula is C4H13Cl2FN2. The third-order valence-electron chi connectivity index (χ3n) is 0.684. The molecule has 5 heteroatoms. The van der Waals surface area contributed by atoms with Gasteiger partial charge in [-0.1, -0.05) is 0 Å². The Bertz CT molecular complexity index is 45.5. The van der Waals surface area contributed by atoms with Gasteiger partial charge in [0.2, 0.25) is 0 Å². The Morgan fingerprint density at radius 1 is 1.33 bits per heavy atom. The van der Waals surface area contributed by atoms with Gasteiger partial charge in [-0.15, -0.1) is 24.8 Å². The average Bonchev–Trinajstić information content (AvgIpc) is 1.61. The second-order valence-corrected chi connectivity index (χ2v) is 1.45. The van der Waals surface area contributed by atoms with E-state index in [2.05, 4.69) is 0 Å². The summed E-state index contributed by atoms with van der Waals surface area (Å²) in [6, 6.07) is 0. The van der Waals surface area contributed by atoms with Crippen molar-refractivity contribution in [2.75, 3.05) is 6.54 Å². The molecule has 0 heterocycles. The molecule has 9 heavy (non-hydrogen) atoms. The normalized spacial score (nSPS) is 11.0. The van der Waals surface area contributed by atoms with Crippen molar-refractivity contribution in [2.24, 2.45) is 11.5 Å². The van der Waals surface area contributed by atoms with E-state index < -0.39 is 6.30 Å². The first-order valence-corrected chi connectivity index (χ1v) is 2.37. The molecule has 1 unspecified atom stereocenters. The van der Waals surface area contributed by atoms with E-state index in [0.717, 1.165) is 0 Å². The van der Waals surface area contributed by atoms with Crippen LogP contribution in [0.5, 0.6) is 0 Å². The maximum absolute atomic E-state index is 11.6. The molecule has 0 fully saturated rings. The summed E-state index contributed by atoms with van der Waals surface area (Å²) in [5.41, 5.74) is 9.81. The Hall–Kier alpha value is 0.430. The molecule has 2 nitrogen and oxygen atoms in total. The quantitative estimate of drug-likeness (QED) is 0.630. The topological polar surface area (TPSA) is 52.0 Å². The minimum atomic E-state index is -1.18. The summed E-state index contributed by atoms with van der Waals surface area (Å²) in [6.07, 6.45) is -0.114. The molecule has 0 aliphatic heterocycles. The van der Waals surface area contributed by atoms with E-state index in [1.54, 1.807) is 0 Å². The van der Waals surface area contributed by atoms with Crippen LogP contribution in [-0.2, 0) is 0 Å². The highest BCUT2D eigenvalue weighted by molar-refractivity contribution is 5.85. The first kappa shape index (κ1) is 16.2. The Kier molecular flexibility index (Phi) is 20.3.